The molecule has 2 aliphatic rings. The minimum atomic E-state index is -0.884. The molecular weight excluding hydrogens is 428 g/mol. The fraction of sp³-hybridized carbons (Fsp3) is 0.565. The first-order valence-corrected chi connectivity index (χ1v) is 11.0. The number of benzene rings is 1. The summed E-state index contributed by atoms with van der Waals surface area (Å²) in [5.41, 5.74) is 7.19. The number of methoxy groups -OCH3 is 1. The topological polar surface area (TPSA) is 122 Å². The Bertz CT molecular complexity index is 933. The lowest BCUT2D eigenvalue weighted by Gasteiger charge is -2.36. The third-order valence-corrected chi connectivity index (χ3v) is 5.78. The maximum Gasteiger partial charge on any atom is 0.410 e. The molecule has 1 fully saturated rings. The van der Waals surface area contributed by atoms with Gasteiger partial charge in [0, 0.05) is 50.4 Å². The van der Waals surface area contributed by atoms with Gasteiger partial charge in [-0.2, -0.15) is 0 Å². The van der Waals surface area contributed by atoms with E-state index in [0.29, 0.717) is 31.7 Å². The van der Waals surface area contributed by atoms with E-state index >= 15 is 0 Å². The predicted molar refractivity (Wildman–Crippen MR) is 121 cm³/mol. The predicted octanol–water partition coefficient (Wildman–Crippen LogP) is 1.51. The van der Waals surface area contributed by atoms with Crippen LogP contribution in [0.25, 0.3) is 0 Å². The van der Waals surface area contributed by atoms with Gasteiger partial charge in [0.2, 0.25) is 5.91 Å². The van der Waals surface area contributed by atoms with Crippen molar-refractivity contribution in [3.05, 3.63) is 29.3 Å². The van der Waals surface area contributed by atoms with Crippen molar-refractivity contribution in [2.75, 3.05) is 38.2 Å². The summed E-state index contributed by atoms with van der Waals surface area (Å²) < 4.78 is 10.1. The summed E-state index contributed by atoms with van der Waals surface area (Å²) in [7, 11) is 1.27. The van der Waals surface area contributed by atoms with Crippen LogP contribution in [-0.2, 0) is 25.6 Å². The Morgan fingerprint density at radius 3 is 2.36 bits per heavy atom. The molecule has 10 heteroatoms. The molecule has 3 amide bonds. The quantitative estimate of drug-likeness (QED) is 0.639. The SMILES string of the molecule is COC(=O)CC[C@@H](C(N)=O)N1Cc2ccc(N3CCN(C(=O)OC(C)(C)C)CC3)cc2C1=O. The molecule has 0 aliphatic carbocycles. The van der Waals surface area contributed by atoms with Gasteiger partial charge >= 0.3 is 12.1 Å². The van der Waals surface area contributed by atoms with Gasteiger partial charge in [0.05, 0.1) is 7.11 Å². The molecule has 0 bridgehead atoms. The second kappa shape index (κ2) is 9.68. The largest absolute Gasteiger partial charge is 0.469 e. The van der Waals surface area contributed by atoms with E-state index in [-0.39, 0.29) is 31.4 Å². The Morgan fingerprint density at radius 2 is 1.79 bits per heavy atom. The molecular formula is C23H32N4O6. The van der Waals surface area contributed by atoms with Crippen LogP contribution in [-0.4, -0.2) is 78.6 Å². The number of anilines is 1. The molecule has 0 spiro atoms. The molecule has 1 atom stereocenters. The average molecular weight is 461 g/mol. The standard InChI is InChI=1S/C23H32N4O6/c1-23(2,3)33-22(31)26-11-9-25(10-12-26)16-6-5-15-14-27(21(30)17(15)13-16)18(20(24)29)7-8-19(28)32-4/h5-6,13,18H,7-12,14H2,1-4H3,(H2,24,29)/t18-/m0/s1. The number of nitrogens with zero attached hydrogens (tertiary/aromatic N) is 3. The summed E-state index contributed by atoms with van der Waals surface area (Å²) in [5.74, 6) is -1.40. The van der Waals surface area contributed by atoms with E-state index in [2.05, 4.69) is 9.64 Å². The zero-order valence-electron chi connectivity index (χ0n) is 19.6. The molecule has 2 heterocycles. The van der Waals surface area contributed by atoms with E-state index in [1.54, 1.807) is 4.90 Å². The van der Waals surface area contributed by atoms with Crippen molar-refractivity contribution in [3.8, 4) is 0 Å². The number of esters is 1. The number of hydrogen-bond donors (Lipinski definition) is 1. The number of hydrogen-bond acceptors (Lipinski definition) is 7. The Morgan fingerprint density at radius 1 is 1.12 bits per heavy atom. The first-order valence-electron chi connectivity index (χ1n) is 11.0. The van der Waals surface area contributed by atoms with Crippen molar-refractivity contribution in [1.29, 1.82) is 0 Å². The Hall–Kier alpha value is -3.30. The van der Waals surface area contributed by atoms with Crippen LogP contribution in [0, 0.1) is 0 Å². The van der Waals surface area contributed by atoms with Gasteiger partial charge in [-0.05, 0) is 44.9 Å². The second-order valence-corrected chi connectivity index (χ2v) is 9.26. The van der Waals surface area contributed by atoms with Gasteiger partial charge in [-0.3, -0.25) is 14.4 Å². The molecule has 0 unspecified atom stereocenters. The summed E-state index contributed by atoms with van der Waals surface area (Å²) in [6.07, 6.45) is -0.218. The maximum absolute atomic E-state index is 13.1. The van der Waals surface area contributed by atoms with Crippen LogP contribution < -0.4 is 10.6 Å². The Labute approximate surface area is 193 Å². The zero-order chi connectivity index (χ0) is 24.3. The minimum absolute atomic E-state index is 0.00257. The number of carbonyl (C=O) groups is 4. The van der Waals surface area contributed by atoms with Gasteiger partial charge in [-0.15, -0.1) is 0 Å². The number of piperazine rings is 1. The van der Waals surface area contributed by atoms with Crippen molar-refractivity contribution in [3.63, 3.8) is 0 Å². The third-order valence-electron chi connectivity index (χ3n) is 5.78. The van der Waals surface area contributed by atoms with Crippen LogP contribution in [0.1, 0.15) is 49.5 Å². The number of rotatable bonds is 6. The van der Waals surface area contributed by atoms with E-state index in [1.165, 1.54) is 12.0 Å². The lowest BCUT2D eigenvalue weighted by atomic mass is 10.1. The van der Waals surface area contributed by atoms with Crippen molar-refractivity contribution >= 4 is 29.6 Å². The molecule has 1 aromatic rings. The van der Waals surface area contributed by atoms with Crippen LogP contribution in [0.15, 0.2) is 18.2 Å². The second-order valence-electron chi connectivity index (χ2n) is 9.26. The van der Waals surface area contributed by atoms with Gasteiger partial charge in [0.1, 0.15) is 11.6 Å². The van der Waals surface area contributed by atoms with Crippen LogP contribution in [0.2, 0.25) is 0 Å². The van der Waals surface area contributed by atoms with Crippen molar-refractivity contribution in [2.24, 2.45) is 5.73 Å². The first-order chi connectivity index (χ1) is 15.5. The number of ether oxygens (including phenoxy) is 2. The molecule has 1 saturated heterocycles. The van der Waals surface area contributed by atoms with E-state index in [0.717, 1.165) is 11.3 Å². The molecule has 2 aliphatic heterocycles. The van der Waals surface area contributed by atoms with Crippen molar-refractivity contribution in [2.45, 2.75) is 51.8 Å². The van der Waals surface area contributed by atoms with Crippen LogP contribution >= 0.6 is 0 Å². The van der Waals surface area contributed by atoms with Gasteiger partial charge in [0.25, 0.3) is 5.91 Å². The highest BCUT2D eigenvalue weighted by atomic mass is 16.6. The Kier molecular flexibility index (Phi) is 7.14. The number of fused-ring (bicyclic) bond motifs is 1. The molecule has 180 valence electrons. The zero-order valence-corrected chi connectivity index (χ0v) is 19.6. The van der Waals surface area contributed by atoms with Crippen LogP contribution in [0.4, 0.5) is 10.5 Å². The molecule has 2 N–H and O–H groups in total. The third kappa shape index (κ3) is 5.74. The highest BCUT2D eigenvalue weighted by molar-refractivity contribution is 6.01. The van der Waals surface area contributed by atoms with Crippen molar-refractivity contribution in [1.82, 2.24) is 9.80 Å². The van der Waals surface area contributed by atoms with E-state index in [1.807, 2.05) is 39.0 Å². The number of nitrogens with two attached hydrogens (primary N) is 1. The molecule has 0 aromatic heterocycles. The van der Waals surface area contributed by atoms with E-state index in [4.69, 9.17) is 10.5 Å². The van der Waals surface area contributed by atoms with Gasteiger partial charge in [-0.25, -0.2) is 4.79 Å². The number of primary amides is 1. The van der Waals surface area contributed by atoms with Crippen molar-refractivity contribution < 1.29 is 28.7 Å². The fourth-order valence-corrected chi connectivity index (χ4v) is 4.04. The summed E-state index contributed by atoms with van der Waals surface area (Å²) >= 11 is 0. The summed E-state index contributed by atoms with van der Waals surface area (Å²) in [6.45, 7) is 8.03. The lowest BCUT2D eigenvalue weighted by molar-refractivity contribution is -0.141. The van der Waals surface area contributed by atoms with Gasteiger partial charge in [0.15, 0.2) is 0 Å². The smallest absolute Gasteiger partial charge is 0.410 e. The highest BCUT2D eigenvalue weighted by Crippen LogP contribution is 2.30. The van der Waals surface area contributed by atoms with E-state index in [9.17, 15) is 19.2 Å². The summed E-state index contributed by atoms with van der Waals surface area (Å²) in [5, 5.41) is 0. The van der Waals surface area contributed by atoms with Crippen LogP contribution in [0.5, 0.6) is 0 Å². The summed E-state index contributed by atoms with van der Waals surface area (Å²) in [4.78, 5) is 54.1. The monoisotopic (exact) mass is 460 g/mol. The minimum Gasteiger partial charge on any atom is -0.469 e. The first kappa shape index (κ1) is 24.3. The highest BCUT2D eigenvalue weighted by Gasteiger charge is 2.36. The molecule has 33 heavy (non-hydrogen) atoms. The van der Waals surface area contributed by atoms with Crippen LogP contribution in [0.3, 0.4) is 0 Å². The normalized spacial score (nSPS) is 17.0. The summed E-state index contributed by atoms with van der Waals surface area (Å²) in [6, 6.07) is 4.75. The van der Waals surface area contributed by atoms with E-state index < -0.39 is 23.5 Å². The average Bonchev–Trinajstić information content (AvgIpc) is 3.08. The molecule has 0 radical (unpaired) electrons. The number of carbonyl (C=O) groups excluding carboxylic acids is 4. The molecule has 10 nitrogen and oxygen atoms in total. The fourth-order valence-electron chi connectivity index (χ4n) is 4.04. The van der Waals surface area contributed by atoms with Gasteiger partial charge < -0.3 is 29.9 Å². The van der Waals surface area contributed by atoms with Gasteiger partial charge in [-0.1, -0.05) is 6.07 Å². The Balaban J connectivity index is 1.66. The molecule has 1 aromatic carbocycles. The molecule has 3 rings (SSSR count). The molecule has 0 saturated carbocycles. The maximum atomic E-state index is 13.1. The lowest BCUT2D eigenvalue weighted by Crippen LogP contribution is -2.50. The number of amides is 3.